The minimum absolute atomic E-state index is 0.126. The van der Waals surface area contributed by atoms with Crippen LogP contribution in [0.5, 0.6) is 0 Å². The molecule has 0 aliphatic heterocycles. The van der Waals surface area contributed by atoms with E-state index in [1.165, 1.54) is 7.11 Å². The molecule has 0 fully saturated rings. The van der Waals surface area contributed by atoms with Crippen LogP contribution in [0.2, 0.25) is 0 Å². The van der Waals surface area contributed by atoms with E-state index in [-0.39, 0.29) is 11.9 Å². The van der Waals surface area contributed by atoms with Crippen molar-refractivity contribution in [2.75, 3.05) is 39.0 Å². The molecule has 0 aliphatic carbocycles. The van der Waals surface area contributed by atoms with Crippen LogP contribution in [0.25, 0.3) is 0 Å². The van der Waals surface area contributed by atoms with Crippen molar-refractivity contribution in [1.82, 2.24) is 10.2 Å². The van der Waals surface area contributed by atoms with Crippen LogP contribution in [0, 0.1) is 0 Å². The maximum atomic E-state index is 11.9. The summed E-state index contributed by atoms with van der Waals surface area (Å²) >= 11 is 0. The van der Waals surface area contributed by atoms with Crippen LogP contribution in [0.3, 0.4) is 0 Å². The molecule has 3 N–H and O–H groups in total. The van der Waals surface area contributed by atoms with E-state index in [4.69, 9.17) is 5.73 Å². The van der Waals surface area contributed by atoms with Crippen molar-refractivity contribution in [3.05, 3.63) is 29.8 Å². The second kappa shape index (κ2) is 8.97. The summed E-state index contributed by atoms with van der Waals surface area (Å²) in [6.07, 6.45) is 0.357. The number of likely N-dealkylation sites (N-methyl/N-ethyl adjacent to an activating group) is 1. The van der Waals surface area contributed by atoms with Gasteiger partial charge in [-0.3, -0.25) is 9.59 Å². The van der Waals surface area contributed by atoms with Crippen LogP contribution in [0.4, 0.5) is 5.69 Å². The summed E-state index contributed by atoms with van der Waals surface area (Å²) in [7, 11) is 1.38. The van der Waals surface area contributed by atoms with Crippen LogP contribution in [0.1, 0.15) is 23.7 Å². The topological polar surface area (TPSA) is 84.7 Å². The van der Waals surface area contributed by atoms with Gasteiger partial charge in [0.1, 0.15) is 0 Å². The quantitative estimate of drug-likeness (QED) is 0.549. The van der Waals surface area contributed by atoms with Crippen molar-refractivity contribution in [2.45, 2.75) is 13.3 Å². The number of benzene rings is 1. The molecule has 0 aromatic heterocycles. The molecule has 0 radical (unpaired) electrons. The van der Waals surface area contributed by atoms with Crippen molar-refractivity contribution in [3.63, 3.8) is 0 Å². The Balaban J connectivity index is 2.32. The number of nitrogen functional groups attached to an aromatic ring is 1. The molecule has 1 rings (SSSR count). The fourth-order valence-corrected chi connectivity index (χ4v) is 1.84. The Morgan fingerprint density at radius 3 is 2.48 bits per heavy atom. The Bertz CT molecular complexity index is 460. The van der Waals surface area contributed by atoms with Crippen molar-refractivity contribution < 1.29 is 14.3 Å². The number of nitrogens with zero attached hydrogens (tertiary/aromatic N) is 1. The minimum Gasteiger partial charge on any atom is -0.469 e. The Kier molecular flexibility index (Phi) is 7.25. The summed E-state index contributed by atoms with van der Waals surface area (Å²) in [5, 5.41) is 2.85. The third kappa shape index (κ3) is 6.27. The number of esters is 1. The Morgan fingerprint density at radius 2 is 1.90 bits per heavy atom. The number of carbonyl (C=O) groups excluding carboxylic acids is 2. The number of hydrogen-bond donors (Lipinski definition) is 2. The molecule has 0 bridgehead atoms. The maximum Gasteiger partial charge on any atom is 0.306 e. The Labute approximate surface area is 125 Å². The minimum atomic E-state index is -0.223. The second-order valence-corrected chi connectivity index (χ2v) is 4.64. The van der Waals surface area contributed by atoms with E-state index >= 15 is 0 Å². The number of ether oxygens (including phenoxy) is 1. The third-order valence-electron chi connectivity index (χ3n) is 3.19. The highest BCUT2D eigenvalue weighted by Gasteiger charge is 2.08. The standard InChI is InChI=1S/C15H23N3O3/c1-3-18(10-8-14(19)21-2)11-9-17-15(20)12-4-6-13(16)7-5-12/h4-7H,3,8-11,16H2,1-2H3,(H,17,20). The molecule has 0 atom stereocenters. The van der Waals surface area contributed by atoms with E-state index in [1.54, 1.807) is 24.3 Å². The van der Waals surface area contributed by atoms with Gasteiger partial charge >= 0.3 is 5.97 Å². The molecule has 0 spiro atoms. The normalized spacial score (nSPS) is 10.4. The largest absolute Gasteiger partial charge is 0.469 e. The first kappa shape index (κ1) is 17.0. The van der Waals surface area contributed by atoms with E-state index in [2.05, 4.69) is 15.0 Å². The summed E-state index contributed by atoms with van der Waals surface area (Å²) in [6.45, 7) is 4.67. The van der Waals surface area contributed by atoms with Crippen molar-refractivity contribution in [1.29, 1.82) is 0 Å². The Hall–Kier alpha value is -2.08. The lowest BCUT2D eigenvalue weighted by Crippen LogP contribution is -2.36. The van der Waals surface area contributed by atoms with Gasteiger partial charge in [0.25, 0.3) is 5.91 Å². The number of nitrogens with one attached hydrogen (secondary N) is 1. The molecular weight excluding hydrogens is 270 g/mol. The summed E-state index contributed by atoms with van der Waals surface area (Å²) < 4.78 is 4.61. The second-order valence-electron chi connectivity index (χ2n) is 4.64. The molecule has 1 amide bonds. The number of anilines is 1. The van der Waals surface area contributed by atoms with E-state index in [0.29, 0.717) is 37.3 Å². The summed E-state index contributed by atoms with van der Waals surface area (Å²) in [4.78, 5) is 25.1. The zero-order chi connectivity index (χ0) is 15.7. The molecule has 6 nitrogen and oxygen atoms in total. The number of carbonyl (C=O) groups is 2. The average Bonchev–Trinajstić information content (AvgIpc) is 2.50. The first-order chi connectivity index (χ1) is 10.1. The van der Waals surface area contributed by atoms with Gasteiger partial charge in [-0.05, 0) is 30.8 Å². The number of rotatable bonds is 8. The van der Waals surface area contributed by atoms with E-state index < -0.39 is 0 Å². The molecule has 116 valence electrons. The number of nitrogens with two attached hydrogens (primary N) is 1. The summed E-state index contributed by atoms with van der Waals surface area (Å²) in [6, 6.07) is 6.78. The molecule has 6 heteroatoms. The molecule has 1 aromatic rings. The molecule has 0 heterocycles. The molecule has 1 aromatic carbocycles. The highest BCUT2D eigenvalue weighted by Crippen LogP contribution is 2.04. The molecule has 21 heavy (non-hydrogen) atoms. The zero-order valence-corrected chi connectivity index (χ0v) is 12.6. The fraction of sp³-hybridized carbons (Fsp3) is 0.467. The van der Waals surface area contributed by atoms with Gasteiger partial charge in [0.05, 0.1) is 13.5 Å². The smallest absolute Gasteiger partial charge is 0.306 e. The SMILES string of the molecule is CCN(CCNC(=O)c1ccc(N)cc1)CCC(=O)OC. The van der Waals surface area contributed by atoms with Crippen molar-refractivity contribution in [3.8, 4) is 0 Å². The highest BCUT2D eigenvalue weighted by atomic mass is 16.5. The monoisotopic (exact) mass is 293 g/mol. The van der Waals surface area contributed by atoms with E-state index in [1.807, 2.05) is 6.92 Å². The molecule has 0 saturated heterocycles. The summed E-state index contributed by atoms with van der Waals surface area (Å²) in [5.74, 6) is -0.349. The fourth-order valence-electron chi connectivity index (χ4n) is 1.84. The summed E-state index contributed by atoms with van der Waals surface area (Å²) in [5.41, 5.74) is 6.79. The van der Waals surface area contributed by atoms with Gasteiger partial charge in [-0.15, -0.1) is 0 Å². The zero-order valence-electron chi connectivity index (χ0n) is 12.6. The predicted octanol–water partition coefficient (Wildman–Crippen LogP) is 0.884. The average molecular weight is 293 g/mol. The number of hydrogen-bond acceptors (Lipinski definition) is 5. The first-order valence-corrected chi connectivity index (χ1v) is 6.99. The number of amides is 1. The van der Waals surface area contributed by atoms with Crippen molar-refractivity contribution in [2.24, 2.45) is 0 Å². The van der Waals surface area contributed by atoms with Crippen LogP contribution in [0.15, 0.2) is 24.3 Å². The third-order valence-corrected chi connectivity index (χ3v) is 3.19. The van der Waals surface area contributed by atoms with E-state index in [0.717, 1.165) is 6.54 Å². The van der Waals surface area contributed by atoms with Gasteiger partial charge in [0.2, 0.25) is 0 Å². The molecule has 0 saturated carbocycles. The van der Waals surface area contributed by atoms with Gasteiger partial charge in [0, 0.05) is 30.9 Å². The van der Waals surface area contributed by atoms with Crippen LogP contribution in [-0.4, -0.2) is 50.1 Å². The van der Waals surface area contributed by atoms with Crippen LogP contribution >= 0.6 is 0 Å². The molecule has 0 aliphatic rings. The van der Waals surface area contributed by atoms with Gasteiger partial charge < -0.3 is 20.7 Å². The molecule has 0 unspecified atom stereocenters. The predicted molar refractivity (Wildman–Crippen MR) is 81.9 cm³/mol. The van der Waals surface area contributed by atoms with Gasteiger partial charge in [-0.25, -0.2) is 0 Å². The van der Waals surface area contributed by atoms with Crippen molar-refractivity contribution >= 4 is 17.6 Å². The van der Waals surface area contributed by atoms with Gasteiger partial charge in [-0.2, -0.15) is 0 Å². The van der Waals surface area contributed by atoms with Crippen LogP contribution in [-0.2, 0) is 9.53 Å². The van der Waals surface area contributed by atoms with E-state index in [9.17, 15) is 9.59 Å². The lowest BCUT2D eigenvalue weighted by Gasteiger charge is -2.19. The Morgan fingerprint density at radius 1 is 1.24 bits per heavy atom. The van der Waals surface area contributed by atoms with Gasteiger partial charge in [0.15, 0.2) is 0 Å². The van der Waals surface area contributed by atoms with Crippen LogP contribution < -0.4 is 11.1 Å². The van der Waals surface area contributed by atoms with Gasteiger partial charge in [-0.1, -0.05) is 6.92 Å². The maximum absolute atomic E-state index is 11.9. The lowest BCUT2D eigenvalue weighted by molar-refractivity contribution is -0.140. The lowest BCUT2D eigenvalue weighted by atomic mass is 10.2. The highest BCUT2D eigenvalue weighted by molar-refractivity contribution is 5.94. The first-order valence-electron chi connectivity index (χ1n) is 6.99. The number of methoxy groups -OCH3 is 1. The molecular formula is C15H23N3O3.